The average molecular weight is 454 g/mol. The van der Waals surface area contributed by atoms with Gasteiger partial charge in [0.05, 0.1) is 0 Å². The van der Waals surface area contributed by atoms with Crippen LogP contribution >= 0.6 is 11.3 Å². The number of likely N-dealkylation sites (tertiary alicyclic amines) is 1. The summed E-state index contributed by atoms with van der Waals surface area (Å²) >= 11 is 1.80. The minimum absolute atomic E-state index is 0.0362. The van der Waals surface area contributed by atoms with Crippen molar-refractivity contribution in [1.82, 2.24) is 14.7 Å². The first-order valence-electron chi connectivity index (χ1n) is 11.6. The van der Waals surface area contributed by atoms with Crippen LogP contribution in [0.15, 0.2) is 47.8 Å². The van der Waals surface area contributed by atoms with E-state index in [1.807, 2.05) is 35.2 Å². The minimum Gasteiger partial charge on any atom is -0.484 e. The molecule has 1 aromatic heterocycles. The van der Waals surface area contributed by atoms with Crippen LogP contribution in [-0.4, -0.2) is 72.4 Å². The van der Waals surface area contributed by atoms with Gasteiger partial charge in [-0.1, -0.05) is 24.3 Å². The lowest BCUT2D eigenvalue weighted by molar-refractivity contribution is -0.136. The van der Waals surface area contributed by atoms with Gasteiger partial charge in [0.1, 0.15) is 5.75 Å². The summed E-state index contributed by atoms with van der Waals surface area (Å²) < 4.78 is 5.61. The maximum Gasteiger partial charge on any atom is 0.260 e. The summed E-state index contributed by atoms with van der Waals surface area (Å²) in [6, 6.07) is 13.7. The quantitative estimate of drug-likeness (QED) is 0.675. The van der Waals surface area contributed by atoms with E-state index < -0.39 is 0 Å². The van der Waals surface area contributed by atoms with Crippen molar-refractivity contribution < 1.29 is 14.3 Å². The third kappa shape index (κ3) is 4.69. The van der Waals surface area contributed by atoms with Crippen molar-refractivity contribution in [3.8, 4) is 5.75 Å². The predicted molar refractivity (Wildman–Crippen MR) is 124 cm³/mol. The Kier molecular flexibility index (Phi) is 6.20. The molecule has 2 aromatic rings. The number of hydrogen-bond donors (Lipinski definition) is 0. The topological polar surface area (TPSA) is 53.1 Å². The zero-order chi connectivity index (χ0) is 22.0. The minimum atomic E-state index is 0.0362. The van der Waals surface area contributed by atoms with Gasteiger partial charge in [-0.3, -0.25) is 14.5 Å². The van der Waals surface area contributed by atoms with Crippen LogP contribution in [0.4, 0.5) is 0 Å². The molecule has 0 unspecified atom stereocenters. The van der Waals surface area contributed by atoms with Crippen LogP contribution in [0, 0.1) is 11.3 Å². The molecule has 3 aliphatic rings. The van der Waals surface area contributed by atoms with Gasteiger partial charge in [0.2, 0.25) is 5.91 Å². The third-order valence-electron chi connectivity index (χ3n) is 7.35. The van der Waals surface area contributed by atoms with Crippen molar-refractivity contribution in [3.05, 3.63) is 52.7 Å². The standard InChI is InChI=1S/C25H31N3O3S/c29-23(19-31-20-5-2-1-3-6-20)27-10-8-25(9-11-27)17-22(25)24(30)28-14-12-26(13-15-28)18-21-7-4-16-32-21/h1-7,16,22H,8-15,17-19H2/t22-/m1/s1. The summed E-state index contributed by atoms with van der Waals surface area (Å²) in [6.07, 6.45) is 2.85. The lowest BCUT2D eigenvalue weighted by Crippen LogP contribution is -2.49. The fourth-order valence-corrected chi connectivity index (χ4v) is 5.92. The Morgan fingerprint density at radius 3 is 2.38 bits per heavy atom. The Morgan fingerprint density at radius 2 is 1.69 bits per heavy atom. The Hall–Kier alpha value is -2.38. The Morgan fingerprint density at radius 1 is 0.938 bits per heavy atom. The maximum absolute atomic E-state index is 13.1. The van der Waals surface area contributed by atoms with E-state index in [1.54, 1.807) is 11.3 Å². The monoisotopic (exact) mass is 453 g/mol. The molecule has 1 spiro atoms. The molecule has 1 aromatic carbocycles. The molecule has 2 amide bonds. The molecule has 7 heteroatoms. The van der Waals surface area contributed by atoms with Gasteiger partial charge in [0.25, 0.3) is 5.91 Å². The molecule has 1 saturated carbocycles. The van der Waals surface area contributed by atoms with Gasteiger partial charge in [-0.2, -0.15) is 0 Å². The van der Waals surface area contributed by atoms with Crippen LogP contribution in [0.5, 0.6) is 5.75 Å². The van der Waals surface area contributed by atoms with E-state index >= 15 is 0 Å². The molecule has 1 atom stereocenters. The van der Waals surface area contributed by atoms with Crippen molar-refractivity contribution in [2.24, 2.45) is 11.3 Å². The molecular formula is C25H31N3O3S. The fraction of sp³-hybridized carbons (Fsp3) is 0.520. The maximum atomic E-state index is 13.1. The molecule has 170 valence electrons. The number of nitrogens with zero attached hydrogens (tertiary/aromatic N) is 3. The number of benzene rings is 1. The van der Waals surface area contributed by atoms with Gasteiger partial charge in [0.15, 0.2) is 6.61 Å². The lowest BCUT2D eigenvalue weighted by Gasteiger charge is -2.36. The van der Waals surface area contributed by atoms with Crippen molar-refractivity contribution in [2.75, 3.05) is 45.9 Å². The number of hydrogen-bond acceptors (Lipinski definition) is 5. The highest BCUT2D eigenvalue weighted by Crippen LogP contribution is 2.60. The third-order valence-corrected chi connectivity index (χ3v) is 8.21. The first kappa shape index (κ1) is 21.5. The highest BCUT2D eigenvalue weighted by Gasteiger charge is 2.59. The molecule has 5 rings (SSSR count). The Bertz CT molecular complexity index is 917. The molecule has 3 fully saturated rings. The van der Waals surface area contributed by atoms with E-state index in [0.717, 1.165) is 70.8 Å². The van der Waals surface area contributed by atoms with Gasteiger partial charge in [-0.05, 0) is 48.3 Å². The number of carbonyl (C=O) groups is 2. The van der Waals surface area contributed by atoms with Gasteiger partial charge < -0.3 is 14.5 Å². The Balaban J connectivity index is 1.05. The lowest BCUT2D eigenvalue weighted by atomic mass is 9.90. The van der Waals surface area contributed by atoms with Gasteiger partial charge in [-0.15, -0.1) is 11.3 Å². The Labute approximate surface area is 193 Å². The summed E-state index contributed by atoms with van der Waals surface area (Å²) in [4.78, 5) is 33.5. The number of amides is 2. The van der Waals surface area contributed by atoms with Crippen LogP contribution in [0.1, 0.15) is 24.1 Å². The zero-order valence-electron chi connectivity index (χ0n) is 18.4. The van der Waals surface area contributed by atoms with Crippen LogP contribution in [0.2, 0.25) is 0 Å². The summed E-state index contributed by atoms with van der Waals surface area (Å²) in [5.74, 6) is 1.25. The van der Waals surface area contributed by atoms with Crippen molar-refractivity contribution in [1.29, 1.82) is 0 Å². The number of ether oxygens (including phenoxy) is 1. The molecule has 2 saturated heterocycles. The molecular weight excluding hydrogens is 422 g/mol. The highest BCUT2D eigenvalue weighted by molar-refractivity contribution is 7.09. The first-order valence-corrected chi connectivity index (χ1v) is 12.5. The first-order chi connectivity index (χ1) is 15.6. The van der Waals surface area contributed by atoms with Crippen molar-refractivity contribution in [2.45, 2.75) is 25.8 Å². The molecule has 3 heterocycles. The second-order valence-corrected chi connectivity index (χ2v) is 10.3. The normalized spacial score (nSPS) is 22.7. The summed E-state index contributed by atoms with van der Waals surface area (Å²) in [6.45, 7) is 6.10. The summed E-state index contributed by atoms with van der Waals surface area (Å²) in [5.41, 5.74) is 0.127. The SMILES string of the molecule is O=C(COc1ccccc1)N1CCC2(CC1)C[C@@H]2C(=O)N1CCN(Cc2cccs2)CC1. The van der Waals surface area contributed by atoms with E-state index in [0.29, 0.717) is 5.91 Å². The largest absolute Gasteiger partial charge is 0.484 e. The van der Waals surface area contributed by atoms with Crippen molar-refractivity contribution >= 4 is 23.2 Å². The highest BCUT2D eigenvalue weighted by atomic mass is 32.1. The van der Waals surface area contributed by atoms with Crippen LogP contribution in [-0.2, 0) is 16.1 Å². The van der Waals surface area contributed by atoms with Crippen LogP contribution in [0.25, 0.3) is 0 Å². The average Bonchev–Trinajstić information content (AvgIpc) is 3.27. The van der Waals surface area contributed by atoms with E-state index in [9.17, 15) is 9.59 Å². The number of piperidine rings is 1. The molecule has 1 aliphatic carbocycles. The number of rotatable bonds is 6. The molecule has 0 N–H and O–H groups in total. The van der Waals surface area contributed by atoms with Crippen LogP contribution in [0.3, 0.4) is 0 Å². The summed E-state index contributed by atoms with van der Waals surface area (Å²) in [5, 5.41) is 2.12. The molecule has 2 aliphatic heterocycles. The second-order valence-electron chi connectivity index (χ2n) is 9.28. The molecule has 0 radical (unpaired) electrons. The number of piperazine rings is 1. The number of para-hydroxylation sites is 1. The van der Waals surface area contributed by atoms with Gasteiger partial charge in [-0.25, -0.2) is 0 Å². The fourth-order valence-electron chi connectivity index (χ4n) is 5.17. The van der Waals surface area contributed by atoms with Gasteiger partial charge >= 0.3 is 0 Å². The van der Waals surface area contributed by atoms with E-state index in [1.165, 1.54) is 4.88 Å². The zero-order valence-corrected chi connectivity index (χ0v) is 19.3. The number of thiophene rings is 1. The van der Waals surface area contributed by atoms with E-state index in [-0.39, 0.29) is 23.8 Å². The second kappa shape index (κ2) is 9.24. The van der Waals surface area contributed by atoms with Crippen LogP contribution < -0.4 is 4.74 Å². The van der Waals surface area contributed by atoms with Crippen molar-refractivity contribution in [3.63, 3.8) is 0 Å². The predicted octanol–water partition coefficient (Wildman–Crippen LogP) is 3.10. The van der Waals surface area contributed by atoms with E-state index in [2.05, 4.69) is 27.3 Å². The molecule has 6 nitrogen and oxygen atoms in total. The molecule has 0 bridgehead atoms. The smallest absolute Gasteiger partial charge is 0.260 e. The van der Waals surface area contributed by atoms with E-state index in [4.69, 9.17) is 4.74 Å². The van der Waals surface area contributed by atoms with Gasteiger partial charge in [0, 0.05) is 56.6 Å². The molecule has 32 heavy (non-hydrogen) atoms. The summed E-state index contributed by atoms with van der Waals surface area (Å²) in [7, 11) is 0. The number of carbonyl (C=O) groups excluding carboxylic acids is 2.